The van der Waals surface area contributed by atoms with Gasteiger partial charge in [-0.2, -0.15) is 13.5 Å². The standard InChI is InChI=1S/C18H17N3O5S.ClH/c1-21-18(22)14-10-17(26-3)16(25-2)9-13(14)15(19-21)8-11-4-6-12(7-5-11)20-27(23)24;/h4-7,9-10H,8H2,1-3H3;1H. The van der Waals surface area contributed by atoms with Gasteiger partial charge in [0, 0.05) is 18.9 Å². The normalized spacial score (nSPS) is 10.2. The topological polar surface area (TPSA) is 99.9 Å². The Kier molecular flexibility index (Phi) is 6.76. The van der Waals surface area contributed by atoms with Gasteiger partial charge in [0.15, 0.2) is 11.5 Å². The lowest BCUT2D eigenvalue weighted by atomic mass is 10.0. The number of aryl methyl sites for hydroxylation is 1. The van der Waals surface area contributed by atoms with Gasteiger partial charge in [-0.1, -0.05) is 12.1 Å². The molecule has 0 amide bonds. The summed E-state index contributed by atoms with van der Waals surface area (Å²) in [4.78, 5) is 12.5. The molecule has 3 rings (SSSR count). The number of benzene rings is 2. The number of hydrogen-bond acceptors (Lipinski definition) is 7. The fraction of sp³-hybridized carbons (Fsp3) is 0.222. The second-order valence-corrected chi connectivity index (χ2v) is 6.40. The third-order valence-electron chi connectivity index (χ3n) is 4.12. The van der Waals surface area contributed by atoms with Crippen molar-refractivity contribution < 1.29 is 17.9 Å². The number of methoxy groups -OCH3 is 2. The molecule has 0 N–H and O–H groups in total. The van der Waals surface area contributed by atoms with Crippen LogP contribution in [0.2, 0.25) is 0 Å². The highest BCUT2D eigenvalue weighted by atomic mass is 35.5. The molecule has 0 aliphatic rings. The molecule has 0 unspecified atom stereocenters. The molecular weight excluding hydrogens is 406 g/mol. The second kappa shape index (κ2) is 8.85. The summed E-state index contributed by atoms with van der Waals surface area (Å²) in [5.41, 5.74) is 1.69. The van der Waals surface area contributed by atoms with Gasteiger partial charge >= 0.3 is 10.5 Å². The van der Waals surface area contributed by atoms with E-state index in [1.165, 1.54) is 18.9 Å². The average Bonchev–Trinajstić information content (AvgIpc) is 2.66. The van der Waals surface area contributed by atoms with Gasteiger partial charge in [0.2, 0.25) is 0 Å². The summed E-state index contributed by atoms with van der Waals surface area (Å²) in [6, 6.07) is 10.1. The first kappa shape index (κ1) is 21.4. The highest BCUT2D eigenvalue weighted by Crippen LogP contribution is 2.32. The Morgan fingerprint density at radius 3 is 2.14 bits per heavy atom. The van der Waals surface area contributed by atoms with Crippen LogP contribution in [0.1, 0.15) is 11.3 Å². The Balaban J connectivity index is 0.00000280. The molecule has 0 atom stereocenters. The van der Waals surface area contributed by atoms with Gasteiger partial charge in [-0.3, -0.25) is 4.79 Å². The number of hydrogen-bond donors (Lipinski definition) is 0. The van der Waals surface area contributed by atoms with Gasteiger partial charge < -0.3 is 9.47 Å². The van der Waals surface area contributed by atoms with Gasteiger partial charge in [-0.25, -0.2) is 4.68 Å². The average molecular weight is 424 g/mol. The SMILES string of the molecule is COc1cc2c(Cc3ccc(N=S(=O)=O)cc3)nn(C)c(=O)c2cc1OC.Cl. The molecule has 0 aliphatic carbocycles. The van der Waals surface area contributed by atoms with E-state index in [0.29, 0.717) is 40.1 Å². The third-order valence-corrected chi connectivity index (χ3v) is 4.48. The molecule has 2 aromatic carbocycles. The molecule has 0 saturated heterocycles. The van der Waals surface area contributed by atoms with E-state index in [0.717, 1.165) is 5.56 Å². The lowest BCUT2D eigenvalue weighted by Crippen LogP contribution is -2.21. The highest BCUT2D eigenvalue weighted by molar-refractivity contribution is 7.61. The fourth-order valence-electron chi connectivity index (χ4n) is 2.83. The van der Waals surface area contributed by atoms with Crippen LogP contribution >= 0.6 is 12.4 Å². The maximum absolute atomic E-state index is 12.5. The zero-order chi connectivity index (χ0) is 19.6. The van der Waals surface area contributed by atoms with E-state index >= 15 is 0 Å². The van der Waals surface area contributed by atoms with Crippen molar-refractivity contribution in [3.8, 4) is 11.5 Å². The van der Waals surface area contributed by atoms with Gasteiger partial charge in [0.05, 0.1) is 31.0 Å². The van der Waals surface area contributed by atoms with Crippen LogP contribution in [0.15, 0.2) is 45.6 Å². The Hall–Kier alpha value is -2.91. The van der Waals surface area contributed by atoms with Crippen molar-refractivity contribution in [2.75, 3.05) is 14.2 Å². The van der Waals surface area contributed by atoms with Gasteiger partial charge in [-0.05, 0) is 29.8 Å². The first-order chi connectivity index (χ1) is 12.9. The molecule has 0 saturated carbocycles. The third kappa shape index (κ3) is 4.32. The van der Waals surface area contributed by atoms with E-state index in [1.807, 2.05) is 0 Å². The van der Waals surface area contributed by atoms with Crippen LogP contribution in [0.5, 0.6) is 11.5 Å². The van der Waals surface area contributed by atoms with Crippen molar-refractivity contribution in [1.82, 2.24) is 9.78 Å². The van der Waals surface area contributed by atoms with E-state index in [4.69, 9.17) is 9.47 Å². The minimum absolute atomic E-state index is 0. The van der Waals surface area contributed by atoms with Crippen molar-refractivity contribution >= 4 is 39.4 Å². The van der Waals surface area contributed by atoms with Gasteiger partial charge in [-0.15, -0.1) is 16.8 Å². The Labute approximate surface area is 168 Å². The molecule has 0 radical (unpaired) electrons. The van der Waals surface area contributed by atoms with Crippen LogP contribution < -0.4 is 15.0 Å². The summed E-state index contributed by atoms with van der Waals surface area (Å²) in [5, 5.41) is 5.54. The minimum Gasteiger partial charge on any atom is -0.493 e. The van der Waals surface area contributed by atoms with Crippen LogP contribution in [0.25, 0.3) is 10.8 Å². The number of ether oxygens (including phenoxy) is 2. The van der Waals surface area contributed by atoms with Crippen LogP contribution in [0, 0.1) is 0 Å². The maximum Gasteiger partial charge on any atom is 0.316 e. The van der Waals surface area contributed by atoms with E-state index in [-0.39, 0.29) is 18.0 Å². The molecule has 28 heavy (non-hydrogen) atoms. The molecule has 0 fully saturated rings. The number of aromatic nitrogens is 2. The van der Waals surface area contributed by atoms with Gasteiger partial charge in [0.1, 0.15) is 0 Å². The van der Waals surface area contributed by atoms with Crippen molar-refractivity contribution in [1.29, 1.82) is 0 Å². The zero-order valence-corrected chi connectivity index (χ0v) is 17.0. The lowest BCUT2D eigenvalue weighted by molar-refractivity contribution is 0.355. The van der Waals surface area contributed by atoms with Crippen LogP contribution in [-0.4, -0.2) is 32.4 Å². The van der Waals surface area contributed by atoms with E-state index in [2.05, 4.69) is 9.46 Å². The fourth-order valence-corrected chi connectivity index (χ4v) is 3.13. The monoisotopic (exact) mass is 423 g/mol. The number of nitrogens with zero attached hydrogens (tertiary/aromatic N) is 3. The van der Waals surface area contributed by atoms with E-state index < -0.39 is 10.5 Å². The number of fused-ring (bicyclic) bond motifs is 1. The second-order valence-electron chi connectivity index (χ2n) is 5.78. The number of halogens is 1. The lowest BCUT2D eigenvalue weighted by Gasteiger charge is -2.12. The summed E-state index contributed by atoms with van der Waals surface area (Å²) in [6.45, 7) is 0. The van der Waals surface area contributed by atoms with E-state index in [9.17, 15) is 13.2 Å². The van der Waals surface area contributed by atoms with Crippen molar-refractivity contribution in [2.45, 2.75) is 6.42 Å². The smallest absolute Gasteiger partial charge is 0.316 e. The molecule has 8 nitrogen and oxygen atoms in total. The van der Waals surface area contributed by atoms with Crippen LogP contribution in [-0.2, 0) is 24.0 Å². The summed E-state index contributed by atoms with van der Waals surface area (Å²) in [5.74, 6) is 0.976. The van der Waals surface area contributed by atoms with Crippen LogP contribution in [0.3, 0.4) is 0 Å². The first-order valence-corrected chi connectivity index (χ1v) is 8.98. The molecule has 148 valence electrons. The summed E-state index contributed by atoms with van der Waals surface area (Å²) < 4.78 is 36.6. The first-order valence-electron chi connectivity index (χ1n) is 7.95. The molecule has 1 aromatic heterocycles. The zero-order valence-electron chi connectivity index (χ0n) is 15.4. The Bertz CT molecular complexity index is 1200. The molecule has 1 heterocycles. The Morgan fingerprint density at radius 1 is 1.04 bits per heavy atom. The molecule has 0 spiro atoms. The predicted octanol–water partition coefficient (Wildman–Crippen LogP) is 2.66. The summed E-state index contributed by atoms with van der Waals surface area (Å²) in [7, 11) is 2.14. The maximum atomic E-state index is 12.5. The van der Waals surface area contributed by atoms with Crippen molar-refractivity contribution in [2.24, 2.45) is 11.4 Å². The molecule has 0 aliphatic heterocycles. The molecule has 10 heteroatoms. The minimum atomic E-state index is -2.49. The largest absolute Gasteiger partial charge is 0.493 e. The molecular formula is C18H18ClN3O5S. The van der Waals surface area contributed by atoms with Gasteiger partial charge in [0.25, 0.3) is 5.56 Å². The van der Waals surface area contributed by atoms with Crippen LogP contribution in [0.4, 0.5) is 5.69 Å². The van der Waals surface area contributed by atoms with Crippen molar-refractivity contribution in [3.63, 3.8) is 0 Å². The number of rotatable bonds is 5. The predicted molar refractivity (Wildman–Crippen MR) is 108 cm³/mol. The van der Waals surface area contributed by atoms with Crippen molar-refractivity contribution in [3.05, 3.63) is 58.0 Å². The Morgan fingerprint density at radius 2 is 1.61 bits per heavy atom. The highest BCUT2D eigenvalue weighted by Gasteiger charge is 2.14. The summed E-state index contributed by atoms with van der Waals surface area (Å²) >= 11 is 0. The van der Waals surface area contributed by atoms with E-state index in [1.54, 1.807) is 43.4 Å². The molecule has 3 aromatic rings. The summed E-state index contributed by atoms with van der Waals surface area (Å²) in [6.07, 6.45) is 0.445. The molecule has 0 bridgehead atoms. The quantitative estimate of drug-likeness (QED) is 0.625.